The molecular weight excluding hydrogens is 236 g/mol. The highest BCUT2D eigenvalue weighted by Gasteiger charge is 2.17. The van der Waals surface area contributed by atoms with Gasteiger partial charge < -0.3 is 9.47 Å². The van der Waals surface area contributed by atoms with E-state index in [9.17, 15) is 0 Å². The first-order valence-electron chi connectivity index (χ1n) is 7.04. The Balaban J connectivity index is 2.62. The van der Waals surface area contributed by atoms with Crippen molar-refractivity contribution in [3.63, 3.8) is 0 Å². The SMILES string of the molecule is CCC(CC)n1cc(CN(C)C)c2c(C)ncnc21. The molecule has 0 bridgehead atoms. The molecule has 2 aromatic heterocycles. The van der Waals surface area contributed by atoms with Crippen molar-refractivity contribution in [2.75, 3.05) is 14.1 Å². The first-order chi connectivity index (χ1) is 9.08. The molecule has 0 aromatic carbocycles. The highest BCUT2D eigenvalue weighted by Crippen LogP contribution is 2.28. The van der Waals surface area contributed by atoms with Crippen LogP contribution in [0.1, 0.15) is 44.0 Å². The molecule has 104 valence electrons. The fourth-order valence-corrected chi connectivity index (χ4v) is 2.75. The lowest BCUT2D eigenvalue weighted by Gasteiger charge is -2.15. The average molecular weight is 260 g/mol. The molecule has 0 radical (unpaired) electrons. The van der Waals surface area contributed by atoms with Gasteiger partial charge in [0.15, 0.2) is 0 Å². The summed E-state index contributed by atoms with van der Waals surface area (Å²) in [5.41, 5.74) is 3.48. The summed E-state index contributed by atoms with van der Waals surface area (Å²) in [7, 11) is 4.19. The van der Waals surface area contributed by atoms with Crippen LogP contribution in [0.3, 0.4) is 0 Å². The van der Waals surface area contributed by atoms with E-state index >= 15 is 0 Å². The van der Waals surface area contributed by atoms with E-state index in [0.717, 1.165) is 30.7 Å². The summed E-state index contributed by atoms with van der Waals surface area (Å²) in [5.74, 6) is 0. The number of nitrogens with zero attached hydrogens (tertiary/aromatic N) is 4. The summed E-state index contributed by atoms with van der Waals surface area (Å²) < 4.78 is 2.34. The van der Waals surface area contributed by atoms with Crippen LogP contribution in [-0.4, -0.2) is 33.5 Å². The van der Waals surface area contributed by atoms with Gasteiger partial charge in [0.25, 0.3) is 0 Å². The van der Waals surface area contributed by atoms with Gasteiger partial charge in [0.05, 0.1) is 5.69 Å². The molecule has 2 aromatic rings. The largest absolute Gasteiger partial charge is 0.329 e. The van der Waals surface area contributed by atoms with Gasteiger partial charge in [0.1, 0.15) is 12.0 Å². The molecule has 0 N–H and O–H groups in total. The Morgan fingerprint density at radius 1 is 1.21 bits per heavy atom. The lowest BCUT2D eigenvalue weighted by atomic mass is 10.2. The minimum atomic E-state index is 0.521. The summed E-state index contributed by atoms with van der Waals surface area (Å²) in [4.78, 5) is 11.1. The van der Waals surface area contributed by atoms with E-state index in [4.69, 9.17) is 0 Å². The molecule has 0 fully saturated rings. The van der Waals surface area contributed by atoms with E-state index in [1.165, 1.54) is 10.9 Å². The molecule has 0 saturated carbocycles. The number of hydrogen-bond donors (Lipinski definition) is 0. The second-order valence-electron chi connectivity index (χ2n) is 5.43. The van der Waals surface area contributed by atoms with Crippen molar-refractivity contribution in [1.29, 1.82) is 0 Å². The molecule has 4 nitrogen and oxygen atoms in total. The van der Waals surface area contributed by atoms with Gasteiger partial charge in [0, 0.05) is 24.2 Å². The summed E-state index contributed by atoms with van der Waals surface area (Å²) in [6, 6.07) is 0.521. The molecule has 19 heavy (non-hydrogen) atoms. The summed E-state index contributed by atoms with van der Waals surface area (Å²) in [6.45, 7) is 7.47. The highest BCUT2D eigenvalue weighted by molar-refractivity contribution is 5.82. The van der Waals surface area contributed by atoms with E-state index in [0.29, 0.717) is 6.04 Å². The van der Waals surface area contributed by atoms with Gasteiger partial charge in [-0.15, -0.1) is 0 Å². The lowest BCUT2D eigenvalue weighted by molar-refractivity contribution is 0.402. The second-order valence-corrected chi connectivity index (χ2v) is 5.43. The molecule has 4 heteroatoms. The predicted molar refractivity (Wildman–Crippen MR) is 79.3 cm³/mol. The van der Waals surface area contributed by atoms with Crippen molar-refractivity contribution in [2.24, 2.45) is 0 Å². The van der Waals surface area contributed by atoms with Crippen molar-refractivity contribution in [1.82, 2.24) is 19.4 Å². The Labute approximate surface area is 115 Å². The van der Waals surface area contributed by atoms with Crippen LogP contribution in [-0.2, 0) is 6.54 Å². The molecule has 2 heterocycles. The Hall–Kier alpha value is -1.42. The maximum absolute atomic E-state index is 4.52. The number of fused-ring (bicyclic) bond motifs is 1. The smallest absolute Gasteiger partial charge is 0.144 e. The van der Waals surface area contributed by atoms with Gasteiger partial charge in [-0.3, -0.25) is 0 Å². The number of rotatable bonds is 5. The lowest BCUT2D eigenvalue weighted by Crippen LogP contribution is -2.10. The maximum atomic E-state index is 4.52. The summed E-state index contributed by atoms with van der Waals surface area (Å²) in [6.07, 6.45) is 6.20. The molecule has 0 saturated heterocycles. The second kappa shape index (κ2) is 5.70. The first-order valence-corrected chi connectivity index (χ1v) is 7.04. The topological polar surface area (TPSA) is 34.0 Å². The van der Waals surface area contributed by atoms with Crippen molar-refractivity contribution >= 4 is 11.0 Å². The fraction of sp³-hybridized carbons (Fsp3) is 0.600. The van der Waals surface area contributed by atoms with Crippen LogP contribution in [0.15, 0.2) is 12.5 Å². The zero-order valence-electron chi connectivity index (χ0n) is 12.6. The predicted octanol–water partition coefficient (Wildman–Crippen LogP) is 3.16. The zero-order chi connectivity index (χ0) is 14.0. The third-order valence-electron chi connectivity index (χ3n) is 3.70. The standard InChI is InChI=1S/C15H24N4/c1-6-13(7-2)19-9-12(8-18(4)5)14-11(3)16-10-17-15(14)19/h9-10,13H,6-8H2,1-5H3. The normalized spacial score (nSPS) is 11.9. The van der Waals surface area contributed by atoms with Crippen molar-refractivity contribution in [2.45, 2.75) is 46.2 Å². The van der Waals surface area contributed by atoms with E-state index in [2.05, 4.69) is 60.5 Å². The van der Waals surface area contributed by atoms with Crippen LogP contribution in [0.25, 0.3) is 11.0 Å². The van der Waals surface area contributed by atoms with Crippen LogP contribution in [0.4, 0.5) is 0 Å². The molecular formula is C15H24N4. The molecule has 0 spiro atoms. The summed E-state index contributed by atoms with van der Waals surface area (Å²) in [5, 5.41) is 1.23. The van der Waals surface area contributed by atoms with Crippen molar-refractivity contribution in [3.8, 4) is 0 Å². The summed E-state index contributed by atoms with van der Waals surface area (Å²) >= 11 is 0. The Bertz CT molecular complexity index is 553. The van der Waals surface area contributed by atoms with Crippen molar-refractivity contribution in [3.05, 3.63) is 23.8 Å². The van der Waals surface area contributed by atoms with Gasteiger partial charge in [-0.2, -0.15) is 0 Å². The van der Waals surface area contributed by atoms with Crippen LogP contribution in [0.2, 0.25) is 0 Å². The molecule has 0 aliphatic rings. The van der Waals surface area contributed by atoms with Crippen LogP contribution >= 0.6 is 0 Å². The Morgan fingerprint density at radius 2 is 1.89 bits per heavy atom. The molecule has 0 atom stereocenters. The molecule has 0 unspecified atom stereocenters. The monoisotopic (exact) mass is 260 g/mol. The van der Waals surface area contributed by atoms with Crippen LogP contribution in [0.5, 0.6) is 0 Å². The van der Waals surface area contributed by atoms with Gasteiger partial charge in [-0.25, -0.2) is 9.97 Å². The quantitative estimate of drug-likeness (QED) is 0.828. The number of hydrogen-bond acceptors (Lipinski definition) is 3. The highest BCUT2D eigenvalue weighted by atomic mass is 15.1. The molecule has 0 amide bonds. The van der Waals surface area contributed by atoms with Crippen molar-refractivity contribution < 1.29 is 0 Å². The third kappa shape index (κ3) is 2.63. The number of aromatic nitrogens is 3. The molecule has 0 aliphatic heterocycles. The first kappa shape index (κ1) is 14.0. The third-order valence-corrected chi connectivity index (χ3v) is 3.70. The number of aryl methyl sites for hydroxylation is 1. The van der Waals surface area contributed by atoms with Crippen LogP contribution in [0, 0.1) is 6.92 Å². The maximum Gasteiger partial charge on any atom is 0.144 e. The van der Waals surface area contributed by atoms with Crippen LogP contribution < -0.4 is 0 Å². The Morgan fingerprint density at radius 3 is 2.47 bits per heavy atom. The Kier molecular flexibility index (Phi) is 4.20. The van der Waals surface area contributed by atoms with E-state index in [-0.39, 0.29) is 0 Å². The average Bonchev–Trinajstić information content (AvgIpc) is 2.71. The molecule has 0 aliphatic carbocycles. The van der Waals surface area contributed by atoms with Gasteiger partial charge in [0.2, 0.25) is 0 Å². The fourth-order valence-electron chi connectivity index (χ4n) is 2.75. The van der Waals surface area contributed by atoms with E-state index in [1.807, 2.05) is 0 Å². The molecule has 2 rings (SSSR count). The minimum absolute atomic E-state index is 0.521. The van der Waals surface area contributed by atoms with E-state index in [1.54, 1.807) is 6.33 Å². The van der Waals surface area contributed by atoms with E-state index < -0.39 is 0 Å². The van der Waals surface area contributed by atoms with Gasteiger partial charge >= 0.3 is 0 Å². The zero-order valence-corrected chi connectivity index (χ0v) is 12.6. The van der Waals surface area contributed by atoms with Gasteiger partial charge in [-0.1, -0.05) is 13.8 Å². The minimum Gasteiger partial charge on any atom is -0.329 e. The van der Waals surface area contributed by atoms with Gasteiger partial charge in [-0.05, 0) is 39.4 Å².